The van der Waals surface area contributed by atoms with Crippen molar-refractivity contribution in [2.24, 2.45) is 5.73 Å². The number of carbonyl (C=O) groups is 1. The minimum atomic E-state index is -0.519. The highest BCUT2D eigenvalue weighted by molar-refractivity contribution is 5.90. The summed E-state index contributed by atoms with van der Waals surface area (Å²) in [6.45, 7) is 12.1. The van der Waals surface area contributed by atoms with Crippen LogP contribution in [0.1, 0.15) is 49.6 Å². The molecule has 0 aliphatic carbocycles. The zero-order chi connectivity index (χ0) is 20.5. The molecule has 0 saturated carbocycles. The second kappa shape index (κ2) is 7.87. The smallest absolute Gasteiger partial charge is 0.284 e. The van der Waals surface area contributed by atoms with E-state index in [9.17, 15) is 4.79 Å². The summed E-state index contributed by atoms with van der Waals surface area (Å²) in [7, 11) is 1.68. The largest absolute Gasteiger partial charge is 0.497 e. The number of hydrogen-bond acceptors (Lipinski definition) is 5. The molecule has 28 heavy (non-hydrogen) atoms. The van der Waals surface area contributed by atoms with Crippen molar-refractivity contribution in [1.82, 2.24) is 4.90 Å². The molecule has 0 radical (unpaired) electrons. The van der Waals surface area contributed by atoms with Crippen molar-refractivity contribution >= 4 is 11.6 Å². The summed E-state index contributed by atoms with van der Waals surface area (Å²) >= 11 is 0. The lowest BCUT2D eigenvalue weighted by molar-refractivity contribution is 0.0970. The monoisotopic (exact) mass is 385 g/mol. The van der Waals surface area contributed by atoms with E-state index in [-0.39, 0.29) is 11.2 Å². The van der Waals surface area contributed by atoms with Gasteiger partial charge in [0.25, 0.3) is 5.91 Å². The van der Waals surface area contributed by atoms with Gasteiger partial charge in [-0.1, -0.05) is 20.8 Å². The van der Waals surface area contributed by atoms with Crippen molar-refractivity contribution in [2.75, 3.05) is 31.6 Å². The number of piperazine rings is 1. The lowest BCUT2D eigenvalue weighted by atomic mass is 9.90. The summed E-state index contributed by atoms with van der Waals surface area (Å²) < 4.78 is 11.1. The number of benzene rings is 1. The van der Waals surface area contributed by atoms with E-state index in [0.29, 0.717) is 6.04 Å². The van der Waals surface area contributed by atoms with E-state index >= 15 is 0 Å². The molecule has 1 amide bonds. The molecule has 0 spiro atoms. The van der Waals surface area contributed by atoms with Crippen LogP contribution < -0.4 is 15.4 Å². The van der Waals surface area contributed by atoms with E-state index in [1.54, 1.807) is 7.11 Å². The summed E-state index contributed by atoms with van der Waals surface area (Å²) in [6, 6.07) is 10.4. The topological polar surface area (TPSA) is 71.9 Å². The van der Waals surface area contributed by atoms with Gasteiger partial charge in [0.2, 0.25) is 0 Å². The molecule has 2 aromatic rings. The molecule has 152 valence electrons. The van der Waals surface area contributed by atoms with Gasteiger partial charge < -0.3 is 19.8 Å². The number of ether oxygens (including phenoxy) is 1. The molecule has 0 bridgehead atoms. The maximum Gasteiger partial charge on any atom is 0.284 e. The zero-order valence-corrected chi connectivity index (χ0v) is 17.5. The molecule has 1 unspecified atom stereocenters. The number of rotatable bonds is 5. The number of primary amides is 1. The molecule has 1 fully saturated rings. The first-order chi connectivity index (χ1) is 13.2. The number of furan rings is 1. The highest BCUT2D eigenvalue weighted by atomic mass is 16.5. The molecule has 1 aliphatic rings. The lowest BCUT2D eigenvalue weighted by Crippen LogP contribution is -2.51. The summed E-state index contributed by atoms with van der Waals surface area (Å²) in [5.41, 5.74) is 7.52. The second-order valence-corrected chi connectivity index (χ2v) is 8.54. The molecule has 1 saturated heterocycles. The third-order valence-corrected chi connectivity index (χ3v) is 5.31. The van der Waals surface area contributed by atoms with E-state index < -0.39 is 5.91 Å². The van der Waals surface area contributed by atoms with Crippen LogP contribution in [-0.2, 0) is 12.0 Å². The van der Waals surface area contributed by atoms with Crippen LogP contribution in [0.4, 0.5) is 5.69 Å². The van der Waals surface area contributed by atoms with E-state index in [1.165, 1.54) is 5.69 Å². The first-order valence-corrected chi connectivity index (χ1v) is 9.75. The fourth-order valence-corrected chi connectivity index (χ4v) is 3.78. The Labute approximate surface area is 167 Å². The molecule has 2 heterocycles. The van der Waals surface area contributed by atoms with Gasteiger partial charge in [-0.05, 0) is 37.3 Å². The van der Waals surface area contributed by atoms with Crippen LogP contribution in [0.25, 0.3) is 0 Å². The fourth-order valence-electron chi connectivity index (χ4n) is 3.78. The number of amides is 1. The van der Waals surface area contributed by atoms with Gasteiger partial charge in [0.15, 0.2) is 5.76 Å². The average Bonchev–Trinajstić information content (AvgIpc) is 3.08. The Morgan fingerprint density at radius 2 is 1.93 bits per heavy atom. The molecule has 3 rings (SSSR count). The normalized spacial score (nSPS) is 18.3. The van der Waals surface area contributed by atoms with Gasteiger partial charge in [-0.2, -0.15) is 0 Å². The van der Waals surface area contributed by atoms with E-state index in [4.69, 9.17) is 14.9 Å². The van der Waals surface area contributed by atoms with Crippen LogP contribution in [-0.4, -0.2) is 43.6 Å². The van der Waals surface area contributed by atoms with Crippen LogP contribution in [0.2, 0.25) is 0 Å². The minimum absolute atomic E-state index is 0.183. The van der Waals surface area contributed by atoms with Crippen molar-refractivity contribution in [3.05, 3.63) is 47.4 Å². The fraction of sp³-hybridized carbons (Fsp3) is 0.500. The predicted octanol–water partition coefficient (Wildman–Crippen LogP) is 3.40. The molecule has 2 N–H and O–H groups in total. The molecule has 1 aromatic heterocycles. The zero-order valence-electron chi connectivity index (χ0n) is 17.5. The summed E-state index contributed by atoms with van der Waals surface area (Å²) in [5.74, 6) is 1.43. The second-order valence-electron chi connectivity index (χ2n) is 8.54. The quantitative estimate of drug-likeness (QED) is 0.854. The van der Waals surface area contributed by atoms with Crippen molar-refractivity contribution in [3.63, 3.8) is 0 Å². The lowest BCUT2D eigenvalue weighted by Gasteiger charge is -2.41. The maximum atomic E-state index is 11.6. The molecule has 1 atom stereocenters. The van der Waals surface area contributed by atoms with E-state index in [0.717, 1.165) is 43.3 Å². The summed E-state index contributed by atoms with van der Waals surface area (Å²) in [4.78, 5) is 16.4. The summed E-state index contributed by atoms with van der Waals surface area (Å²) in [5, 5.41) is 0. The molecular weight excluding hydrogens is 354 g/mol. The van der Waals surface area contributed by atoms with E-state index in [2.05, 4.69) is 49.6 Å². The van der Waals surface area contributed by atoms with Gasteiger partial charge in [0.05, 0.1) is 7.11 Å². The highest BCUT2D eigenvalue weighted by Crippen LogP contribution is 2.31. The van der Waals surface area contributed by atoms with Gasteiger partial charge in [0, 0.05) is 48.9 Å². The van der Waals surface area contributed by atoms with Crippen LogP contribution in [0.3, 0.4) is 0 Å². The number of nitrogens with two attached hydrogens (primary N) is 1. The number of nitrogens with zero attached hydrogens (tertiary/aromatic N) is 2. The maximum absolute atomic E-state index is 11.6. The number of hydrogen-bond donors (Lipinski definition) is 1. The Balaban J connectivity index is 1.72. The van der Waals surface area contributed by atoms with Gasteiger partial charge in [-0.3, -0.25) is 9.69 Å². The van der Waals surface area contributed by atoms with Gasteiger partial charge >= 0.3 is 0 Å². The van der Waals surface area contributed by atoms with Crippen LogP contribution >= 0.6 is 0 Å². The van der Waals surface area contributed by atoms with E-state index in [1.807, 2.05) is 18.2 Å². The summed E-state index contributed by atoms with van der Waals surface area (Å²) in [6.07, 6.45) is 0. The molecule has 6 heteroatoms. The Bertz CT molecular complexity index is 821. The molecular formula is C22H31N3O3. The Hall–Kier alpha value is -2.47. The van der Waals surface area contributed by atoms with Crippen LogP contribution in [0.15, 0.2) is 34.7 Å². The predicted molar refractivity (Wildman–Crippen MR) is 111 cm³/mol. The first-order valence-electron chi connectivity index (χ1n) is 9.75. The average molecular weight is 386 g/mol. The first kappa shape index (κ1) is 20.3. The van der Waals surface area contributed by atoms with Crippen LogP contribution in [0, 0.1) is 0 Å². The van der Waals surface area contributed by atoms with Gasteiger partial charge in [0.1, 0.15) is 11.5 Å². The van der Waals surface area contributed by atoms with Crippen LogP contribution in [0.5, 0.6) is 5.75 Å². The number of anilines is 1. The molecule has 1 aromatic carbocycles. The Morgan fingerprint density at radius 3 is 2.46 bits per heavy atom. The Morgan fingerprint density at radius 1 is 1.25 bits per heavy atom. The van der Waals surface area contributed by atoms with Crippen molar-refractivity contribution in [2.45, 2.75) is 45.7 Å². The van der Waals surface area contributed by atoms with Crippen molar-refractivity contribution < 1.29 is 13.9 Å². The SMILES string of the molecule is COc1ccc(N2CCN(Cc3cc(C(N)=O)oc3C(C)(C)C)C(C)C2)cc1. The standard InChI is InChI=1S/C22H31N3O3/c1-15-13-25(17-6-8-18(27-5)9-7-17)11-10-24(15)14-16-12-19(21(23)26)28-20(16)22(2,3)4/h6-9,12,15H,10-11,13-14H2,1-5H3,(H2,23,26). The molecule has 1 aliphatic heterocycles. The highest BCUT2D eigenvalue weighted by Gasteiger charge is 2.29. The number of methoxy groups -OCH3 is 1. The van der Waals surface area contributed by atoms with Gasteiger partial charge in [-0.25, -0.2) is 0 Å². The third kappa shape index (κ3) is 4.33. The minimum Gasteiger partial charge on any atom is -0.497 e. The number of carbonyl (C=O) groups excluding carboxylic acids is 1. The van der Waals surface area contributed by atoms with Crippen molar-refractivity contribution in [1.29, 1.82) is 0 Å². The Kier molecular flexibility index (Phi) is 5.70. The molecule has 6 nitrogen and oxygen atoms in total. The van der Waals surface area contributed by atoms with Crippen molar-refractivity contribution in [3.8, 4) is 5.75 Å². The van der Waals surface area contributed by atoms with Gasteiger partial charge in [-0.15, -0.1) is 0 Å². The third-order valence-electron chi connectivity index (χ3n) is 5.31.